The van der Waals surface area contributed by atoms with Gasteiger partial charge in [-0.2, -0.15) is 23.7 Å². The molecule has 0 amide bonds. The van der Waals surface area contributed by atoms with Crippen molar-refractivity contribution < 1.29 is 18.0 Å². The van der Waals surface area contributed by atoms with Crippen LogP contribution in [0.2, 0.25) is 0 Å². The first-order chi connectivity index (χ1) is 6.90. The number of aldehydes is 1. The van der Waals surface area contributed by atoms with Gasteiger partial charge in [-0.1, -0.05) is 0 Å². The topological polar surface area (TPSA) is 89.4 Å². The summed E-state index contributed by atoms with van der Waals surface area (Å²) in [5.41, 5.74) is -4.91. The number of aliphatic imine (C=N–C) groups is 2. The van der Waals surface area contributed by atoms with Gasteiger partial charge < -0.3 is 0 Å². The number of nitriles is 2. The Morgan fingerprint density at radius 1 is 1.20 bits per heavy atom. The van der Waals surface area contributed by atoms with Crippen molar-refractivity contribution in [2.24, 2.45) is 9.98 Å². The van der Waals surface area contributed by atoms with Gasteiger partial charge >= 0.3 is 11.8 Å². The first-order valence-corrected chi connectivity index (χ1v) is 3.43. The van der Waals surface area contributed by atoms with Crippen LogP contribution in [-0.2, 0) is 4.79 Å². The number of alkyl halides is 3. The molecule has 0 aromatic heterocycles. The van der Waals surface area contributed by atoms with Crippen LogP contribution in [0, 0.1) is 22.7 Å². The molecular formula is C7HF3N4O. The monoisotopic (exact) mass is 214 g/mol. The summed E-state index contributed by atoms with van der Waals surface area (Å²) in [5, 5.41) is 16.7. The molecule has 0 aromatic rings. The fourth-order valence-corrected chi connectivity index (χ4v) is 0.874. The zero-order valence-electron chi connectivity index (χ0n) is 6.91. The second-order valence-electron chi connectivity index (χ2n) is 2.49. The number of carbonyl (C=O) groups is 1. The SMILES string of the molecule is N#CC1=NC(C=O)(C(F)(F)F)N=C1C#N. The molecule has 1 aliphatic heterocycles. The average Bonchev–Trinajstić information content (AvgIpc) is 2.56. The molecule has 8 heteroatoms. The third-order valence-corrected chi connectivity index (χ3v) is 1.58. The summed E-state index contributed by atoms with van der Waals surface area (Å²) in [4.78, 5) is 16.0. The van der Waals surface area contributed by atoms with E-state index in [9.17, 15) is 18.0 Å². The zero-order chi connectivity index (χ0) is 11.7. The van der Waals surface area contributed by atoms with Gasteiger partial charge in [0.1, 0.15) is 12.1 Å². The summed E-state index contributed by atoms with van der Waals surface area (Å²) in [6.07, 6.45) is -5.61. The van der Waals surface area contributed by atoms with E-state index in [-0.39, 0.29) is 0 Å². The Hall–Kier alpha value is -2.22. The summed E-state index contributed by atoms with van der Waals surface area (Å²) in [5.74, 6) is 0. The van der Waals surface area contributed by atoms with Gasteiger partial charge in [0.15, 0.2) is 17.7 Å². The summed E-state index contributed by atoms with van der Waals surface area (Å²) in [7, 11) is 0. The van der Waals surface area contributed by atoms with Gasteiger partial charge in [0.25, 0.3) is 0 Å². The van der Waals surface area contributed by atoms with Crippen molar-refractivity contribution in [1.29, 1.82) is 10.5 Å². The molecule has 1 rings (SSSR count). The Morgan fingerprint density at radius 3 is 1.80 bits per heavy atom. The number of hydrogen-bond acceptors (Lipinski definition) is 5. The number of carbonyl (C=O) groups excluding carboxylic acids is 1. The number of hydrogen-bond donors (Lipinski definition) is 0. The standard InChI is InChI=1S/C7HF3N4O/c8-7(9,10)6(3-15)13-4(1-11)5(2-12)14-6/h3H. The van der Waals surface area contributed by atoms with Crippen LogP contribution in [0.4, 0.5) is 13.2 Å². The highest BCUT2D eigenvalue weighted by Gasteiger charge is 2.59. The largest absolute Gasteiger partial charge is 0.441 e. The molecule has 0 radical (unpaired) electrons. The second kappa shape index (κ2) is 3.17. The number of halogens is 3. The normalized spacial score (nSPS) is 18.5. The highest BCUT2D eigenvalue weighted by molar-refractivity contribution is 6.54. The van der Waals surface area contributed by atoms with Crippen LogP contribution >= 0.6 is 0 Å². The van der Waals surface area contributed by atoms with Crippen molar-refractivity contribution >= 4 is 17.7 Å². The Morgan fingerprint density at radius 2 is 1.60 bits per heavy atom. The maximum absolute atomic E-state index is 12.4. The molecule has 0 saturated heterocycles. The van der Waals surface area contributed by atoms with Crippen LogP contribution in [-0.4, -0.2) is 29.5 Å². The van der Waals surface area contributed by atoms with Gasteiger partial charge in [-0.3, -0.25) is 4.79 Å². The summed E-state index contributed by atoms with van der Waals surface area (Å²) in [6.45, 7) is 0. The Labute approximate surface area is 81.2 Å². The molecule has 0 bridgehead atoms. The molecule has 0 unspecified atom stereocenters. The van der Waals surface area contributed by atoms with E-state index in [4.69, 9.17) is 10.5 Å². The molecule has 0 saturated carbocycles. The fraction of sp³-hybridized carbons (Fsp3) is 0.286. The fourth-order valence-electron chi connectivity index (χ4n) is 0.874. The Kier molecular flexibility index (Phi) is 2.29. The lowest BCUT2D eigenvalue weighted by molar-refractivity contribution is -0.179. The average molecular weight is 214 g/mol. The first kappa shape index (κ1) is 10.9. The minimum Gasteiger partial charge on any atom is -0.298 e. The van der Waals surface area contributed by atoms with Crippen molar-refractivity contribution in [3.63, 3.8) is 0 Å². The zero-order valence-corrected chi connectivity index (χ0v) is 6.91. The number of rotatable bonds is 1. The molecule has 0 atom stereocenters. The predicted molar refractivity (Wildman–Crippen MR) is 40.9 cm³/mol. The lowest BCUT2D eigenvalue weighted by Gasteiger charge is -2.18. The van der Waals surface area contributed by atoms with E-state index in [0.717, 1.165) is 0 Å². The molecule has 0 spiro atoms. The predicted octanol–water partition coefficient (Wildman–Crippen LogP) is 0.387. The van der Waals surface area contributed by atoms with Gasteiger partial charge in [0.05, 0.1) is 0 Å². The van der Waals surface area contributed by atoms with Crippen LogP contribution < -0.4 is 0 Å². The molecule has 15 heavy (non-hydrogen) atoms. The highest BCUT2D eigenvalue weighted by atomic mass is 19.4. The van der Waals surface area contributed by atoms with Gasteiger partial charge in [0, 0.05) is 0 Å². The van der Waals surface area contributed by atoms with Crippen LogP contribution in [0.15, 0.2) is 9.98 Å². The third-order valence-electron chi connectivity index (χ3n) is 1.58. The van der Waals surface area contributed by atoms with Crippen molar-refractivity contribution in [2.45, 2.75) is 11.8 Å². The van der Waals surface area contributed by atoms with Gasteiger partial charge in [-0.05, 0) is 0 Å². The van der Waals surface area contributed by atoms with Gasteiger partial charge in [-0.15, -0.1) is 0 Å². The van der Waals surface area contributed by atoms with E-state index in [0.29, 0.717) is 0 Å². The second-order valence-corrected chi connectivity index (χ2v) is 2.49. The molecule has 0 aromatic carbocycles. The van der Waals surface area contributed by atoms with E-state index in [2.05, 4.69) is 9.98 Å². The molecule has 0 aliphatic carbocycles. The molecule has 76 valence electrons. The van der Waals surface area contributed by atoms with Crippen LogP contribution in [0.25, 0.3) is 0 Å². The Bertz CT molecular complexity index is 418. The molecule has 1 heterocycles. The molecule has 0 fully saturated rings. The van der Waals surface area contributed by atoms with Crippen molar-refractivity contribution in [2.75, 3.05) is 0 Å². The van der Waals surface area contributed by atoms with E-state index >= 15 is 0 Å². The molecule has 5 nitrogen and oxygen atoms in total. The Balaban J connectivity index is 3.39. The van der Waals surface area contributed by atoms with Crippen LogP contribution in [0.3, 0.4) is 0 Å². The summed E-state index contributed by atoms with van der Waals surface area (Å²) in [6, 6.07) is 2.53. The molecule has 0 N–H and O–H groups in total. The molecule has 1 aliphatic rings. The van der Waals surface area contributed by atoms with E-state index < -0.39 is 29.5 Å². The quantitative estimate of drug-likeness (QED) is 0.591. The molecular weight excluding hydrogens is 213 g/mol. The minimum absolute atomic E-state index is 0.547. The van der Waals surface area contributed by atoms with E-state index in [1.54, 1.807) is 0 Å². The van der Waals surface area contributed by atoms with Crippen LogP contribution in [0.5, 0.6) is 0 Å². The maximum atomic E-state index is 12.4. The first-order valence-electron chi connectivity index (χ1n) is 3.43. The lowest BCUT2D eigenvalue weighted by Crippen LogP contribution is -2.42. The van der Waals surface area contributed by atoms with Gasteiger partial charge in [0.2, 0.25) is 0 Å². The van der Waals surface area contributed by atoms with Crippen LogP contribution in [0.1, 0.15) is 0 Å². The van der Waals surface area contributed by atoms with E-state index in [1.165, 1.54) is 12.1 Å². The van der Waals surface area contributed by atoms with E-state index in [1.807, 2.05) is 0 Å². The van der Waals surface area contributed by atoms with Crippen molar-refractivity contribution in [3.05, 3.63) is 0 Å². The maximum Gasteiger partial charge on any atom is 0.441 e. The van der Waals surface area contributed by atoms with Crippen molar-refractivity contribution in [3.8, 4) is 12.1 Å². The smallest absolute Gasteiger partial charge is 0.298 e. The number of nitrogens with zero attached hydrogens (tertiary/aromatic N) is 4. The third kappa shape index (κ3) is 1.46. The highest BCUT2D eigenvalue weighted by Crippen LogP contribution is 2.36. The van der Waals surface area contributed by atoms with Crippen molar-refractivity contribution in [1.82, 2.24) is 0 Å². The summed E-state index contributed by atoms with van der Waals surface area (Å²) < 4.78 is 37.1. The summed E-state index contributed by atoms with van der Waals surface area (Å²) >= 11 is 0. The van der Waals surface area contributed by atoms with Gasteiger partial charge in [-0.25, -0.2) is 9.98 Å². The minimum atomic E-state index is -5.06. The lowest BCUT2D eigenvalue weighted by atomic mass is 10.2.